The fraction of sp³-hybridized carbons (Fsp3) is 0.542. The van der Waals surface area contributed by atoms with E-state index in [2.05, 4.69) is 20.9 Å². The molecule has 36 heavy (non-hydrogen) atoms. The lowest BCUT2D eigenvalue weighted by Crippen LogP contribution is -2.48. The van der Waals surface area contributed by atoms with E-state index in [1.807, 2.05) is 30.3 Å². The second-order valence-electron chi connectivity index (χ2n) is 8.87. The van der Waals surface area contributed by atoms with Gasteiger partial charge in [-0.05, 0) is 37.7 Å². The van der Waals surface area contributed by atoms with Gasteiger partial charge in [-0.25, -0.2) is 0 Å². The summed E-state index contributed by atoms with van der Waals surface area (Å²) in [5.41, 5.74) is 17.0. The van der Waals surface area contributed by atoms with E-state index in [-0.39, 0.29) is 56.3 Å². The van der Waals surface area contributed by atoms with Gasteiger partial charge in [0.2, 0.25) is 17.7 Å². The molecule has 0 bridgehead atoms. The van der Waals surface area contributed by atoms with E-state index < -0.39 is 36.0 Å². The van der Waals surface area contributed by atoms with Gasteiger partial charge in [-0.3, -0.25) is 29.5 Å². The van der Waals surface area contributed by atoms with Crippen molar-refractivity contribution in [3.63, 3.8) is 0 Å². The molecule has 1 aromatic carbocycles. The number of nitrogens with two attached hydrogens (primary N) is 3. The van der Waals surface area contributed by atoms with Crippen molar-refractivity contribution in [2.45, 2.75) is 63.3 Å². The molecule has 1 heterocycles. The average molecular weight is 504 g/mol. The smallest absolute Gasteiger partial charge is 0.242 e. The van der Waals surface area contributed by atoms with Crippen LogP contribution >= 0.6 is 0 Å². The molecular weight excluding hydrogens is 466 g/mol. The second kappa shape index (κ2) is 14.8. The van der Waals surface area contributed by atoms with Crippen molar-refractivity contribution in [1.29, 1.82) is 0 Å². The van der Waals surface area contributed by atoms with Crippen molar-refractivity contribution in [1.82, 2.24) is 16.0 Å². The summed E-state index contributed by atoms with van der Waals surface area (Å²) in [6, 6.07) is 7.63. The van der Waals surface area contributed by atoms with Gasteiger partial charge in [0.15, 0.2) is 5.96 Å². The average Bonchev–Trinajstić information content (AvgIpc) is 2.85. The Morgan fingerprint density at radius 1 is 1.14 bits per heavy atom. The standard InChI is InChI=1S/C24H37N7O5/c25-22(35)18(13-15-5-2-1-3-6-15)31-21(34)14-16-10-12-28-23(36)17(7-4-11-29-24(26)27)30-20(33)9-8-19(16)32/h1-3,5-6,16-18,21,31,34H,4,7-14H2,(H2,25,35)(H,28,36)(H,30,33)(H4,26,27,29)/t16?,17-,18+,21?/m0/s1. The molecule has 2 unspecified atom stereocenters. The zero-order valence-electron chi connectivity index (χ0n) is 20.3. The Balaban J connectivity index is 1.97. The lowest BCUT2D eigenvalue weighted by atomic mass is 9.92. The minimum Gasteiger partial charge on any atom is -0.379 e. The number of nitrogens with zero attached hydrogens (tertiary/aromatic N) is 1. The number of aliphatic hydroxyl groups excluding tert-OH is 1. The number of primary amides is 1. The minimum atomic E-state index is -1.18. The zero-order valence-corrected chi connectivity index (χ0v) is 20.3. The van der Waals surface area contributed by atoms with Crippen molar-refractivity contribution in [3.8, 4) is 0 Å². The van der Waals surface area contributed by atoms with Gasteiger partial charge in [0.05, 0.1) is 6.04 Å². The van der Waals surface area contributed by atoms with Crippen LogP contribution in [0.15, 0.2) is 35.3 Å². The van der Waals surface area contributed by atoms with E-state index in [1.165, 1.54) is 0 Å². The Hall–Kier alpha value is -3.51. The molecule has 198 valence electrons. The Morgan fingerprint density at radius 2 is 1.86 bits per heavy atom. The molecule has 1 saturated heterocycles. The zero-order chi connectivity index (χ0) is 26.5. The van der Waals surface area contributed by atoms with E-state index in [9.17, 15) is 24.3 Å². The molecule has 3 amide bonds. The van der Waals surface area contributed by atoms with Crippen LogP contribution in [0.25, 0.3) is 0 Å². The topological polar surface area (TPSA) is 215 Å². The molecular formula is C24H37N7O5. The van der Waals surface area contributed by atoms with Crippen LogP contribution in [0, 0.1) is 5.92 Å². The van der Waals surface area contributed by atoms with Crippen LogP contribution in [0.4, 0.5) is 0 Å². The predicted octanol–water partition coefficient (Wildman–Crippen LogP) is -1.60. The highest BCUT2D eigenvalue weighted by Crippen LogP contribution is 2.17. The maximum Gasteiger partial charge on any atom is 0.242 e. The first-order valence-corrected chi connectivity index (χ1v) is 12.1. The molecule has 0 aliphatic carbocycles. The predicted molar refractivity (Wildman–Crippen MR) is 134 cm³/mol. The molecule has 2 rings (SSSR count). The quantitative estimate of drug-likeness (QED) is 0.0806. The first-order valence-electron chi connectivity index (χ1n) is 12.1. The molecule has 0 aromatic heterocycles. The fourth-order valence-electron chi connectivity index (χ4n) is 4.04. The van der Waals surface area contributed by atoms with E-state index in [4.69, 9.17) is 17.2 Å². The minimum absolute atomic E-state index is 0.0108. The van der Waals surface area contributed by atoms with Crippen LogP contribution < -0.4 is 33.2 Å². The molecule has 12 heteroatoms. The Kier molecular flexibility index (Phi) is 11.8. The van der Waals surface area contributed by atoms with Crippen LogP contribution in [-0.2, 0) is 25.6 Å². The first-order chi connectivity index (χ1) is 17.2. The van der Waals surface area contributed by atoms with E-state index in [1.54, 1.807) is 0 Å². The largest absolute Gasteiger partial charge is 0.379 e. The summed E-state index contributed by atoms with van der Waals surface area (Å²) in [4.78, 5) is 53.6. The number of amides is 3. The summed E-state index contributed by atoms with van der Waals surface area (Å²) >= 11 is 0. The summed E-state index contributed by atoms with van der Waals surface area (Å²) in [6.45, 7) is 0.509. The van der Waals surface area contributed by atoms with Gasteiger partial charge in [0, 0.05) is 31.8 Å². The normalized spacial score (nSPS) is 20.9. The number of ketones is 1. The number of nitrogens with one attached hydrogen (secondary N) is 3. The Morgan fingerprint density at radius 3 is 2.53 bits per heavy atom. The highest BCUT2D eigenvalue weighted by molar-refractivity contribution is 5.90. The lowest BCUT2D eigenvalue weighted by Gasteiger charge is -2.24. The van der Waals surface area contributed by atoms with Crippen molar-refractivity contribution in [3.05, 3.63) is 35.9 Å². The van der Waals surface area contributed by atoms with Crippen LogP contribution in [0.3, 0.4) is 0 Å². The van der Waals surface area contributed by atoms with Crippen LogP contribution in [-0.4, -0.2) is 66.0 Å². The molecule has 0 radical (unpaired) electrons. The number of hydrogen-bond acceptors (Lipinski definition) is 7. The molecule has 0 spiro atoms. The van der Waals surface area contributed by atoms with Crippen LogP contribution in [0.2, 0.25) is 0 Å². The first kappa shape index (κ1) is 28.7. The highest BCUT2D eigenvalue weighted by atomic mass is 16.3. The van der Waals surface area contributed by atoms with Gasteiger partial charge in [-0.15, -0.1) is 0 Å². The van der Waals surface area contributed by atoms with Crippen molar-refractivity contribution in [2.75, 3.05) is 13.1 Å². The summed E-state index contributed by atoms with van der Waals surface area (Å²) in [5, 5.41) is 18.8. The number of Topliss-reactive ketones (excluding diaryl/α,β-unsaturated/α-hetero) is 1. The fourth-order valence-corrected chi connectivity index (χ4v) is 4.04. The third-order valence-corrected chi connectivity index (χ3v) is 5.97. The molecule has 1 aliphatic heterocycles. The van der Waals surface area contributed by atoms with Gasteiger partial charge in [0.25, 0.3) is 0 Å². The molecule has 1 aliphatic rings. The Labute approximate surface area is 210 Å². The maximum atomic E-state index is 12.8. The van der Waals surface area contributed by atoms with Gasteiger partial charge in [-0.1, -0.05) is 30.3 Å². The van der Waals surface area contributed by atoms with Gasteiger partial charge in [0.1, 0.15) is 18.1 Å². The monoisotopic (exact) mass is 503 g/mol. The number of aliphatic hydroxyl groups is 1. The number of carbonyl (C=O) groups excluding carboxylic acids is 4. The Bertz CT molecular complexity index is 921. The SMILES string of the molecule is NC(=O)[C@@H](Cc1ccccc1)NC(O)CC1CCNC(=O)[C@H](CCCN=C(N)N)NC(=O)CCC1=O. The number of hydrogen-bond donors (Lipinski definition) is 7. The molecule has 12 nitrogen and oxygen atoms in total. The van der Waals surface area contributed by atoms with Gasteiger partial charge in [-0.2, -0.15) is 0 Å². The number of carbonyl (C=O) groups is 4. The second-order valence-corrected chi connectivity index (χ2v) is 8.87. The van der Waals surface area contributed by atoms with E-state index in [0.29, 0.717) is 19.4 Å². The van der Waals surface area contributed by atoms with Gasteiger partial charge < -0.3 is 32.9 Å². The summed E-state index contributed by atoms with van der Waals surface area (Å²) < 4.78 is 0. The third kappa shape index (κ3) is 10.4. The number of aliphatic imine (C=N–C) groups is 1. The lowest BCUT2D eigenvalue weighted by molar-refractivity contribution is -0.130. The summed E-state index contributed by atoms with van der Waals surface area (Å²) in [6.07, 6.45) is 0.111. The molecule has 0 saturated carbocycles. The number of benzene rings is 1. The molecule has 10 N–H and O–H groups in total. The maximum absolute atomic E-state index is 12.8. The van der Waals surface area contributed by atoms with Crippen molar-refractivity contribution >= 4 is 29.5 Å². The van der Waals surface area contributed by atoms with Crippen molar-refractivity contribution < 1.29 is 24.3 Å². The van der Waals surface area contributed by atoms with Crippen LogP contribution in [0.5, 0.6) is 0 Å². The van der Waals surface area contributed by atoms with Crippen LogP contribution in [0.1, 0.15) is 44.1 Å². The van der Waals surface area contributed by atoms with E-state index >= 15 is 0 Å². The molecule has 1 aromatic rings. The van der Waals surface area contributed by atoms with E-state index in [0.717, 1.165) is 5.56 Å². The number of rotatable bonds is 11. The molecule has 4 atom stereocenters. The molecule has 1 fully saturated rings. The van der Waals surface area contributed by atoms with Gasteiger partial charge >= 0.3 is 0 Å². The number of guanidine groups is 1. The summed E-state index contributed by atoms with van der Waals surface area (Å²) in [5.74, 6) is -2.27. The highest BCUT2D eigenvalue weighted by Gasteiger charge is 2.28. The third-order valence-electron chi connectivity index (χ3n) is 5.97. The van der Waals surface area contributed by atoms with Crippen molar-refractivity contribution in [2.24, 2.45) is 28.1 Å². The summed E-state index contributed by atoms with van der Waals surface area (Å²) in [7, 11) is 0.